The zero-order valence-electron chi connectivity index (χ0n) is 16.4. The molecule has 4 rings (SSSR count). The van der Waals surface area contributed by atoms with Crippen LogP contribution in [0.25, 0.3) is 0 Å². The number of nitrogen functional groups attached to an aromatic ring is 1. The Morgan fingerprint density at radius 2 is 2.06 bits per heavy atom. The minimum absolute atomic E-state index is 0.0341. The number of ether oxygens (including phenoxy) is 1. The van der Waals surface area contributed by atoms with E-state index in [2.05, 4.69) is 4.98 Å². The van der Waals surface area contributed by atoms with E-state index in [4.69, 9.17) is 24.0 Å². The van der Waals surface area contributed by atoms with Crippen molar-refractivity contribution in [3.63, 3.8) is 0 Å². The zero-order valence-corrected chi connectivity index (χ0v) is 17.3. The molecular weight excluding hydrogens is 455 g/mol. The summed E-state index contributed by atoms with van der Waals surface area (Å²) >= 11 is 0. The van der Waals surface area contributed by atoms with E-state index in [0.717, 1.165) is 22.8 Å². The van der Waals surface area contributed by atoms with Crippen molar-refractivity contribution >= 4 is 13.6 Å². The summed E-state index contributed by atoms with van der Waals surface area (Å²) in [4.78, 5) is 15.5. The Kier molecular flexibility index (Phi) is 6.41. The molecule has 0 aliphatic carbocycles. The maximum absolute atomic E-state index is 14.1. The summed E-state index contributed by atoms with van der Waals surface area (Å²) in [5, 5.41) is 20.5. The van der Waals surface area contributed by atoms with Gasteiger partial charge in [-0.1, -0.05) is 0 Å². The lowest BCUT2D eigenvalue weighted by atomic mass is 10.1. The van der Waals surface area contributed by atoms with Crippen LogP contribution >= 0.6 is 7.82 Å². The van der Waals surface area contributed by atoms with Gasteiger partial charge in [-0.25, -0.2) is 18.1 Å². The van der Waals surface area contributed by atoms with Gasteiger partial charge >= 0.3 is 13.5 Å². The molecular formula is C18H20F2N3O8P. The maximum atomic E-state index is 14.1. The Hall–Kier alpha value is -2.25. The van der Waals surface area contributed by atoms with E-state index < -0.39 is 62.4 Å². The van der Waals surface area contributed by atoms with Crippen LogP contribution in [0.1, 0.15) is 24.3 Å². The molecule has 2 aromatic rings. The lowest BCUT2D eigenvalue weighted by Gasteiger charge is -2.30. The molecule has 0 saturated carbocycles. The van der Waals surface area contributed by atoms with Gasteiger partial charge in [0.25, 0.3) is 0 Å². The summed E-state index contributed by atoms with van der Waals surface area (Å²) in [6, 6.07) is 4.10. The summed E-state index contributed by atoms with van der Waals surface area (Å²) in [6.45, 7) is -0.675. The standard InChI is InChI=1S/C18H20F2N3O8P/c19-9-1-2-11(20)10(7-9)12-4-6-28-32(27,31-12)29-8-13-15(24)16(25)17(30-13)23-5-3-14(21)22-18(23)26/h1-3,5,7,12-13,15-17,24-25H,4,6,8H2,(H2,21,22,26)/t12-,13-,15-,16+,17-,32?/m1/s1. The van der Waals surface area contributed by atoms with E-state index >= 15 is 0 Å². The number of aliphatic hydroxyl groups is 2. The van der Waals surface area contributed by atoms with Gasteiger partial charge < -0.3 is 20.7 Å². The first-order valence-corrected chi connectivity index (χ1v) is 11.0. The van der Waals surface area contributed by atoms with E-state index in [0.29, 0.717) is 0 Å². The van der Waals surface area contributed by atoms with Crippen LogP contribution in [0, 0.1) is 11.6 Å². The molecule has 2 fully saturated rings. The highest BCUT2D eigenvalue weighted by molar-refractivity contribution is 7.48. The van der Waals surface area contributed by atoms with Gasteiger partial charge in [-0.15, -0.1) is 0 Å². The van der Waals surface area contributed by atoms with Crippen LogP contribution in [-0.2, 0) is 22.9 Å². The number of nitrogens with two attached hydrogens (primary N) is 1. The number of benzene rings is 1. The molecule has 32 heavy (non-hydrogen) atoms. The molecule has 0 spiro atoms. The number of phosphoric acid groups is 1. The van der Waals surface area contributed by atoms with Gasteiger partial charge in [0, 0.05) is 18.2 Å². The summed E-state index contributed by atoms with van der Waals surface area (Å²) in [5.41, 5.74) is 4.48. The molecule has 3 heterocycles. The highest BCUT2D eigenvalue weighted by Crippen LogP contribution is 2.57. The van der Waals surface area contributed by atoms with Crippen LogP contribution in [0.15, 0.2) is 35.3 Å². The van der Waals surface area contributed by atoms with Gasteiger partial charge in [-0.2, -0.15) is 4.98 Å². The van der Waals surface area contributed by atoms with Crippen molar-refractivity contribution in [1.82, 2.24) is 9.55 Å². The van der Waals surface area contributed by atoms with E-state index in [1.165, 1.54) is 12.3 Å². The first-order valence-electron chi connectivity index (χ1n) is 9.55. The van der Waals surface area contributed by atoms with Crippen molar-refractivity contribution < 1.29 is 41.9 Å². The fourth-order valence-corrected chi connectivity index (χ4v) is 4.82. The predicted octanol–water partition coefficient (Wildman–Crippen LogP) is 1.03. The summed E-state index contributed by atoms with van der Waals surface area (Å²) in [6.07, 6.45) is -5.32. The second-order valence-electron chi connectivity index (χ2n) is 7.21. The zero-order chi connectivity index (χ0) is 23.0. The second-order valence-corrected chi connectivity index (χ2v) is 8.83. The van der Waals surface area contributed by atoms with Crippen molar-refractivity contribution in [2.24, 2.45) is 0 Å². The lowest BCUT2D eigenvalue weighted by Crippen LogP contribution is -2.36. The van der Waals surface area contributed by atoms with Crippen LogP contribution in [-0.4, -0.2) is 51.3 Å². The van der Waals surface area contributed by atoms with Crippen molar-refractivity contribution in [1.29, 1.82) is 0 Å². The molecule has 0 amide bonds. The average Bonchev–Trinajstić information content (AvgIpc) is 3.02. The molecule has 14 heteroatoms. The van der Waals surface area contributed by atoms with Gasteiger partial charge in [0.2, 0.25) is 0 Å². The third-order valence-electron chi connectivity index (χ3n) is 5.05. The fourth-order valence-electron chi connectivity index (χ4n) is 3.43. The van der Waals surface area contributed by atoms with E-state index in [1.807, 2.05) is 0 Å². The van der Waals surface area contributed by atoms with Crippen LogP contribution in [0.2, 0.25) is 0 Å². The SMILES string of the molecule is Nc1ccn([C@@H]2O[C@H](COP3(=O)OCC[C@H](c4cc(F)ccc4F)O3)[C@@H](O)[C@@H]2O)c(=O)n1. The van der Waals surface area contributed by atoms with Crippen molar-refractivity contribution in [3.05, 3.63) is 58.1 Å². The number of halogens is 2. The summed E-state index contributed by atoms with van der Waals surface area (Å²) in [7, 11) is -4.24. The Balaban J connectivity index is 1.44. The monoisotopic (exact) mass is 475 g/mol. The molecule has 2 saturated heterocycles. The molecule has 2 aliphatic heterocycles. The van der Waals surface area contributed by atoms with E-state index in [-0.39, 0.29) is 24.4 Å². The Labute approximate surface area is 179 Å². The second kappa shape index (κ2) is 8.94. The summed E-state index contributed by atoms with van der Waals surface area (Å²) < 4.78 is 62.4. The Morgan fingerprint density at radius 3 is 2.81 bits per heavy atom. The number of phosphoric ester groups is 1. The first kappa shape index (κ1) is 22.9. The molecule has 4 N–H and O–H groups in total. The minimum atomic E-state index is -4.24. The maximum Gasteiger partial charge on any atom is 0.475 e. The predicted molar refractivity (Wildman–Crippen MR) is 103 cm³/mol. The number of hydrogen-bond donors (Lipinski definition) is 3. The number of hydrogen-bond acceptors (Lipinski definition) is 10. The molecule has 1 unspecified atom stereocenters. The average molecular weight is 475 g/mol. The smallest absolute Gasteiger partial charge is 0.387 e. The number of aliphatic hydroxyl groups excluding tert-OH is 2. The van der Waals surface area contributed by atoms with Crippen LogP contribution in [0.3, 0.4) is 0 Å². The molecule has 1 aromatic heterocycles. The van der Waals surface area contributed by atoms with Crippen LogP contribution < -0.4 is 11.4 Å². The van der Waals surface area contributed by atoms with Crippen molar-refractivity contribution in [2.75, 3.05) is 18.9 Å². The largest absolute Gasteiger partial charge is 0.475 e. The highest BCUT2D eigenvalue weighted by Gasteiger charge is 2.46. The molecule has 1 aromatic carbocycles. The first-order chi connectivity index (χ1) is 15.2. The molecule has 11 nitrogen and oxygen atoms in total. The van der Waals surface area contributed by atoms with Crippen LogP contribution in [0.4, 0.5) is 14.6 Å². The molecule has 0 radical (unpaired) electrons. The Morgan fingerprint density at radius 1 is 1.28 bits per heavy atom. The molecule has 0 bridgehead atoms. The molecule has 174 valence electrons. The molecule has 2 aliphatic rings. The quantitative estimate of drug-likeness (QED) is 0.534. The number of aromatic nitrogens is 2. The van der Waals surface area contributed by atoms with Gasteiger partial charge in [-0.05, 0) is 24.3 Å². The normalized spacial score (nSPS) is 32.8. The minimum Gasteiger partial charge on any atom is -0.387 e. The van der Waals surface area contributed by atoms with E-state index in [1.54, 1.807) is 0 Å². The third-order valence-corrected chi connectivity index (χ3v) is 6.53. The third kappa shape index (κ3) is 4.59. The van der Waals surface area contributed by atoms with Gasteiger partial charge in [0.05, 0.1) is 19.3 Å². The number of nitrogens with zero attached hydrogens (tertiary/aromatic N) is 2. The Bertz CT molecular complexity index is 1100. The van der Waals surface area contributed by atoms with Crippen molar-refractivity contribution in [2.45, 2.75) is 37.1 Å². The van der Waals surface area contributed by atoms with E-state index in [9.17, 15) is 28.4 Å². The number of anilines is 1. The lowest BCUT2D eigenvalue weighted by molar-refractivity contribution is -0.0610. The highest BCUT2D eigenvalue weighted by atomic mass is 31.2. The fraction of sp³-hybridized carbons (Fsp3) is 0.444. The van der Waals surface area contributed by atoms with Crippen molar-refractivity contribution in [3.8, 4) is 0 Å². The molecule has 6 atom stereocenters. The van der Waals surface area contributed by atoms with Gasteiger partial charge in [0.15, 0.2) is 6.23 Å². The van der Waals surface area contributed by atoms with Crippen LogP contribution in [0.5, 0.6) is 0 Å². The topological polar surface area (TPSA) is 155 Å². The summed E-state index contributed by atoms with van der Waals surface area (Å²) in [5.74, 6) is -1.47. The van der Waals surface area contributed by atoms with Gasteiger partial charge in [0.1, 0.15) is 35.8 Å². The van der Waals surface area contributed by atoms with Gasteiger partial charge in [-0.3, -0.25) is 18.1 Å². The number of rotatable bonds is 5.